The second kappa shape index (κ2) is 24.8. The van der Waals surface area contributed by atoms with Crippen molar-refractivity contribution in [1.82, 2.24) is 14.7 Å². The van der Waals surface area contributed by atoms with Gasteiger partial charge in [0.1, 0.15) is 17.2 Å². The third-order valence-electron chi connectivity index (χ3n) is 21.3. The lowest BCUT2D eigenvalue weighted by Gasteiger charge is -2.40. The van der Waals surface area contributed by atoms with Crippen molar-refractivity contribution in [1.29, 1.82) is 0 Å². The first-order valence-electron chi connectivity index (χ1n) is 30.8. The lowest BCUT2D eigenvalue weighted by Crippen LogP contribution is -2.43. The molecule has 3 saturated heterocycles. The van der Waals surface area contributed by atoms with Crippen molar-refractivity contribution in [3.05, 3.63) is 128 Å². The highest BCUT2D eigenvalue weighted by molar-refractivity contribution is 6.34. The van der Waals surface area contributed by atoms with Gasteiger partial charge >= 0.3 is 0 Å². The summed E-state index contributed by atoms with van der Waals surface area (Å²) in [4.78, 5) is 20.1. The number of Topliss-reactive ketones (excluding diaryl/α,β-unsaturated/α-hetero) is 1. The first kappa shape index (κ1) is 56.2. The highest BCUT2D eigenvalue weighted by Crippen LogP contribution is 2.51. The van der Waals surface area contributed by atoms with E-state index in [1.165, 1.54) is 146 Å². The van der Waals surface area contributed by atoms with Crippen LogP contribution in [0.5, 0.6) is 11.5 Å². The number of likely N-dealkylation sites (tertiary alicyclic amines) is 3. The second-order valence-electron chi connectivity index (χ2n) is 26.0. The maximum Gasteiger partial charge on any atom is 0.164 e. The van der Waals surface area contributed by atoms with Gasteiger partial charge in [0.15, 0.2) is 5.78 Å². The van der Waals surface area contributed by atoms with Crippen LogP contribution in [-0.2, 0) is 5.67 Å². The van der Waals surface area contributed by atoms with Crippen LogP contribution in [0.15, 0.2) is 84.9 Å². The van der Waals surface area contributed by atoms with Gasteiger partial charge in [-0.25, -0.2) is 4.39 Å². The molecule has 4 aromatic rings. The van der Waals surface area contributed by atoms with Crippen LogP contribution in [0.4, 0.5) is 4.39 Å². The van der Waals surface area contributed by atoms with Gasteiger partial charge in [0.25, 0.3) is 0 Å². The minimum absolute atomic E-state index is 0.0826. The number of ketones is 1. The van der Waals surface area contributed by atoms with E-state index in [2.05, 4.69) is 77.1 Å². The van der Waals surface area contributed by atoms with Crippen LogP contribution in [0.3, 0.4) is 0 Å². The molecule has 420 valence electrons. The quantitative estimate of drug-likeness (QED) is 0.0982. The summed E-state index contributed by atoms with van der Waals surface area (Å²) >= 11 is 12.6. The summed E-state index contributed by atoms with van der Waals surface area (Å²) in [7, 11) is 3.37. The number of halogens is 3. The number of hydrogen-bond donors (Lipinski definition) is 0. The number of alkyl halides is 1. The van der Waals surface area contributed by atoms with Crippen LogP contribution in [0, 0.1) is 61.2 Å². The number of carbonyl (C=O) groups is 1. The van der Waals surface area contributed by atoms with E-state index in [1.807, 2.05) is 25.1 Å². The molecule has 5 saturated carbocycles. The maximum atomic E-state index is 15.6. The monoisotopic (exact) mass is 1100 g/mol. The maximum absolute atomic E-state index is 15.6. The number of allylic oxidation sites excluding steroid dienone is 2. The Balaban J connectivity index is 0.000000127. The summed E-state index contributed by atoms with van der Waals surface area (Å²) in [6.45, 7) is 15.6. The van der Waals surface area contributed by atoms with E-state index in [0.29, 0.717) is 52.1 Å². The first-order valence-corrected chi connectivity index (χ1v) is 31.6. The fourth-order valence-electron chi connectivity index (χ4n) is 16.9. The molecular weight excluding hydrogens is 1010 g/mol. The van der Waals surface area contributed by atoms with E-state index in [1.54, 1.807) is 38.0 Å². The minimum Gasteiger partial charge on any atom is -0.496 e. The molecule has 6 aliphatic carbocycles. The van der Waals surface area contributed by atoms with E-state index in [-0.39, 0.29) is 5.78 Å². The number of nitrogens with zero attached hydrogens (tertiary/aromatic N) is 3. The number of rotatable bonds is 13. The average molecular weight is 1100 g/mol. The summed E-state index contributed by atoms with van der Waals surface area (Å²) in [5.41, 5.74) is 7.92. The molecule has 9 atom stereocenters. The topological polar surface area (TPSA) is 45.2 Å². The standard InChI is InChI=1S/C28H34ClNO2.C21H29N.C20H27ClFNO/c1-3-27(31)23-8-6-21(17-25(23)29)20-7-9-28(32-2)24(16-20)19-10-12-30(13-11-19)26-15-18-4-5-22(26)14-18;1-15-3-4-16(2)21(11-15)18-7-9-22(10-8-18)14-20-13-17-5-6-19(20)12-17;1-24-19-5-4-17(21)12-18(19)20(22)6-8-23(9-7-20)13-16-11-14-2-3-15(16)10-14/h6-9,16-19,22,26H,3-5,10-15H2,1-2H3;3-6,11,17-20H,7-10,12-14H2,1-2H3;4-5,12,14-16H,2-3,6-11,13H2,1H3/t18-,22-,26?;;/m0../s1. The molecule has 0 radical (unpaired) electrons. The molecule has 4 aromatic carbocycles. The molecule has 3 aliphatic heterocycles. The van der Waals surface area contributed by atoms with Crippen LogP contribution < -0.4 is 9.47 Å². The molecule has 7 unspecified atom stereocenters. The van der Waals surface area contributed by atoms with Gasteiger partial charge in [-0.05, 0) is 259 Å². The van der Waals surface area contributed by atoms with Gasteiger partial charge in [-0.2, -0.15) is 0 Å². The normalized spacial score (nSPS) is 29.6. The summed E-state index contributed by atoms with van der Waals surface area (Å²) in [6, 6.07) is 25.4. The Labute approximate surface area is 478 Å². The fourth-order valence-corrected chi connectivity index (χ4v) is 17.4. The number of hydrogen-bond acceptors (Lipinski definition) is 6. The van der Waals surface area contributed by atoms with Crippen LogP contribution in [0.1, 0.15) is 166 Å². The van der Waals surface area contributed by atoms with Gasteiger partial charge in [-0.3, -0.25) is 4.79 Å². The van der Waals surface area contributed by atoms with Crippen molar-refractivity contribution < 1.29 is 18.7 Å². The number of piperidine rings is 3. The molecule has 0 spiro atoms. The number of aryl methyl sites for hydroxylation is 2. The molecular formula is C69H90Cl2FN3O3. The zero-order chi connectivity index (χ0) is 54.1. The molecule has 6 bridgehead atoms. The van der Waals surface area contributed by atoms with Crippen LogP contribution in [0.25, 0.3) is 11.1 Å². The molecule has 13 rings (SSSR count). The van der Waals surface area contributed by atoms with Crippen molar-refractivity contribution in [2.45, 2.75) is 153 Å². The first-order chi connectivity index (χ1) is 37.8. The second-order valence-corrected chi connectivity index (χ2v) is 26.8. The van der Waals surface area contributed by atoms with Gasteiger partial charge in [0.2, 0.25) is 0 Å². The Morgan fingerprint density at radius 3 is 1.91 bits per heavy atom. The summed E-state index contributed by atoms with van der Waals surface area (Å²) < 4.78 is 26.7. The Hall–Kier alpha value is -3.72. The van der Waals surface area contributed by atoms with Crippen molar-refractivity contribution in [2.24, 2.45) is 47.3 Å². The Morgan fingerprint density at radius 1 is 0.628 bits per heavy atom. The van der Waals surface area contributed by atoms with E-state index in [0.717, 1.165) is 89.3 Å². The zero-order valence-electron chi connectivity index (χ0n) is 47.8. The molecule has 9 aliphatic rings. The van der Waals surface area contributed by atoms with E-state index >= 15 is 4.39 Å². The third kappa shape index (κ3) is 12.5. The van der Waals surface area contributed by atoms with Crippen molar-refractivity contribution in [3.8, 4) is 22.6 Å². The molecule has 6 nitrogen and oxygen atoms in total. The van der Waals surface area contributed by atoms with Gasteiger partial charge in [-0.1, -0.05) is 91.0 Å². The predicted octanol–water partition coefficient (Wildman–Crippen LogP) is 16.7. The highest BCUT2D eigenvalue weighted by Gasteiger charge is 2.45. The summed E-state index contributed by atoms with van der Waals surface area (Å²) in [5, 5.41) is 1.11. The largest absolute Gasteiger partial charge is 0.496 e. The van der Waals surface area contributed by atoms with E-state index in [9.17, 15) is 4.79 Å². The van der Waals surface area contributed by atoms with Gasteiger partial charge in [0.05, 0.1) is 19.2 Å². The SMILES string of the molecule is CCC(=O)c1ccc(-c2ccc(OC)c(C3CCN(C4C[C@H]5CC[C@H]4C5)CC3)c2)cc1Cl.COc1ccc(Cl)cc1C1(F)CCN(CC2CC3CCC2C3)CC1.Cc1ccc(C)c(C2CCN(CC3CC4C=CC3C4)CC2)c1. The molecule has 9 heteroatoms. The minimum atomic E-state index is -1.32. The molecule has 78 heavy (non-hydrogen) atoms. The Bertz CT molecular complexity index is 2740. The number of fused-ring (bicyclic) bond motifs is 6. The Kier molecular flexibility index (Phi) is 17.8. The molecule has 0 aromatic heterocycles. The van der Waals surface area contributed by atoms with Crippen LogP contribution in [-0.4, -0.2) is 93.1 Å². The van der Waals surface area contributed by atoms with Crippen molar-refractivity contribution in [3.63, 3.8) is 0 Å². The van der Waals surface area contributed by atoms with Crippen molar-refractivity contribution in [2.75, 3.05) is 66.6 Å². The molecule has 0 N–H and O–H groups in total. The van der Waals surface area contributed by atoms with Gasteiger partial charge < -0.3 is 24.2 Å². The predicted molar refractivity (Wildman–Crippen MR) is 319 cm³/mol. The highest BCUT2D eigenvalue weighted by atomic mass is 35.5. The van der Waals surface area contributed by atoms with E-state index < -0.39 is 5.67 Å². The van der Waals surface area contributed by atoms with E-state index in [4.69, 9.17) is 32.7 Å². The number of methoxy groups -OCH3 is 2. The smallest absolute Gasteiger partial charge is 0.164 e. The summed E-state index contributed by atoms with van der Waals surface area (Å²) in [6.07, 6.45) is 26.1. The number of benzene rings is 4. The number of carbonyl (C=O) groups excluding carboxylic acids is 1. The van der Waals surface area contributed by atoms with Crippen LogP contribution in [0.2, 0.25) is 10.0 Å². The van der Waals surface area contributed by atoms with Gasteiger partial charge in [0, 0.05) is 54.8 Å². The van der Waals surface area contributed by atoms with Gasteiger partial charge in [-0.15, -0.1) is 0 Å². The number of ether oxygens (including phenoxy) is 2. The third-order valence-corrected chi connectivity index (χ3v) is 21.9. The molecule has 0 amide bonds. The average Bonchev–Trinajstić information content (AvgIpc) is 4.42. The molecule has 3 heterocycles. The summed E-state index contributed by atoms with van der Waals surface area (Å²) in [5.74, 6) is 10.5. The fraction of sp³-hybridized carbons (Fsp3) is 0.609. The van der Waals surface area contributed by atoms with Crippen LogP contribution >= 0.6 is 23.2 Å². The molecule has 8 fully saturated rings. The Morgan fingerprint density at radius 2 is 1.28 bits per heavy atom. The lowest BCUT2D eigenvalue weighted by atomic mass is 9.84. The van der Waals surface area contributed by atoms with Crippen molar-refractivity contribution >= 4 is 29.0 Å². The zero-order valence-corrected chi connectivity index (χ0v) is 49.3. The lowest BCUT2D eigenvalue weighted by molar-refractivity contribution is 0.0424.